The van der Waals surface area contributed by atoms with Gasteiger partial charge in [0, 0.05) is 11.6 Å². The van der Waals surface area contributed by atoms with E-state index in [2.05, 4.69) is 0 Å². The molecule has 8 N–H and O–H groups in total. The fourth-order valence-electron chi connectivity index (χ4n) is 3.81. The fourth-order valence-corrected chi connectivity index (χ4v) is 3.81. The predicted octanol–water partition coefficient (Wildman–Crippen LogP) is -0.936. The molecule has 1 fully saturated rings. The minimum Gasteiger partial charge on any atom is -0.511 e. The second-order valence-electron chi connectivity index (χ2n) is 7.76. The molecule has 2 aliphatic heterocycles. The Hall–Kier alpha value is -3.29. The fraction of sp³-hybridized carbons (Fsp3) is 0.381. The van der Waals surface area contributed by atoms with Crippen molar-refractivity contribution in [1.82, 2.24) is 0 Å². The molecule has 2 heterocycles. The number of benzene rings is 1. The average Bonchev–Trinajstić information content (AvgIpc) is 2.76. The summed E-state index contributed by atoms with van der Waals surface area (Å²) in [4.78, 5) is 13.3. The van der Waals surface area contributed by atoms with E-state index in [0.29, 0.717) is 0 Å². The summed E-state index contributed by atoms with van der Waals surface area (Å²) in [6.07, 6.45) is -7.36. The first-order valence-corrected chi connectivity index (χ1v) is 9.88. The van der Waals surface area contributed by atoms with Crippen LogP contribution in [0.15, 0.2) is 47.6 Å². The first kappa shape index (κ1) is 22.9. The molecule has 4 rings (SSSR count). The van der Waals surface area contributed by atoms with Crippen LogP contribution in [0.2, 0.25) is 0 Å². The van der Waals surface area contributed by atoms with Crippen molar-refractivity contribution >= 4 is 11.5 Å². The van der Waals surface area contributed by atoms with Gasteiger partial charge in [0.2, 0.25) is 17.8 Å². The number of rotatable bonds is 4. The van der Waals surface area contributed by atoms with Crippen molar-refractivity contribution in [2.45, 2.75) is 36.8 Å². The third-order valence-electron chi connectivity index (χ3n) is 5.56. The lowest BCUT2D eigenvalue weighted by molar-refractivity contribution is -0.291. The number of fused-ring (bicyclic) bond motifs is 1. The van der Waals surface area contributed by atoms with Gasteiger partial charge in [-0.05, 0) is 24.3 Å². The van der Waals surface area contributed by atoms with Crippen LogP contribution in [-0.4, -0.2) is 90.1 Å². The van der Waals surface area contributed by atoms with Gasteiger partial charge in [0.25, 0.3) is 0 Å². The highest BCUT2D eigenvalue weighted by molar-refractivity contribution is 6.04. The highest BCUT2D eigenvalue weighted by Gasteiger charge is 2.49. The summed E-state index contributed by atoms with van der Waals surface area (Å²) in [6, 6.07) is 3.47. The summed E-state index contributed by atoms with van der Waals surface area (Å²) < 4.78 is 16.6. The number of aliphatic hydroxyl groups excluding tert-OH is 6. The van der Waals surface area contributed by atoms with E-state index < -0.39 is 78.1 Å². The molecule has 33 heavy (non-hydrogen) atoms. The molecule has 0 saturated carbocycles. The van der Waals surface area contributed by atoms with Gasteiger partial charge in [-0.1, -0.05) is 0 Å². The summed E-state index contributed by atoms with van der Waals surface area (Å²) >= 11 is 0. The smallest absolute Gasteiger partial charge is 0.229 e. The van der Waals surface area contributed by atoms with E-state index >= 15 is 0 Å². The van der Waals surface area contributed by atoms with Gasteiger partial charge in [0.1, 0.15) is 48.0 Å². The Balaban J connectivity index is 1.78. The molecule has 0 amide bonds. The third-order valence-corrected chi connectivity index (χ3v) is 5.56. The molecule has 12 heteroatoms. The number of carbonyl (C=O) groups excluding carboxylic acids is 1. The van der Waals surface area contributed by atoms with Crippen molar-refractivity contribution in [1.29, 1.82) is 0 Å². The van der Waals surface area contributed by atoms with Crippen LogP contribution >= 0.6 is 0 Å². The Morgan fingerprint density at radius 1 is 0.970 bits per heavy atom. The van der Waals surface area contributed by atoms with Gasteiger partial charge < -0.3 is 55.1 Å². The van der Waals surface area contributed by atoms with E-state index in [1.807, 2.05) is 0 Å². The number of phenols is 2. The second kappa shape index (κ2) is 8.57. The number of allylic oxidation sites excluding steroid dienone is 2. The quantitative estimate of drug-likeness (QED) is 0.253. The van der Waals surface area contributed by atoms with Crippen molar-refractivity contribution < 1.29 is 59.9 Å². The molecule has 3 aliphatic rings. The number of ether oxygens (including phenoxy) is 3. The molecule has 0 spiro atoms. The van der Waals surface area contributed by atoms with E-state index in [0.717, 1.165) is 18.2 Å². The van der Waals surface area contributed by atoms with E-state index in [1.54, 1.807) is 0 Å². The lowest BCUT2D eigenvalue weighted by Crippen LogP contribution is -2.59. The van der Waals surface area contributed by atoms with E-state index in [-0.39, 0.29) is 17.1 Å². The first-order chi connectivity index (χ1) is 15.6. The molecular weight excluding hydrogens is 444 g/mol. The van der Waals surface area contributed by atoms with Gasteiger partial charge in [-0.3, -0.25) is 4.79 Å². The Kier molecular flexibility index (Phi) is 5.95. The van der Waals surface area contributed by atoms with Crippen LogP contribution in [0.3, 0.4) is 0 Å². The zero-order valence-electron chi connectivity index (χ0n) is 16.8. The lowest BCUT2D eigenvalue weighted by Gasteiger charge is -2.41. The number of phenolic OH excluding ortho intramolecular Hbond substituents is 2. The first-order valence-electron chi connectivity index (χ1n) is 9.88. The molecule has 1 aromatic rings. The zero-order valence-corrected chi connectivity index (χ0v) is 16.8. The highest BCUT2D eigenvalue weighted by atomic mass is 16.7. The van der Waals surface area contributed by atoms with Crippen LogP contribution < -0.4 is 0 Å². The van der Waals surface area contributed by atoms with Gasteiger partial charge in [-0.25, -0.2) is 0 Å². The molecule has 178 valence electrons. The van der Waals surface area contributed by atoms with Crippen molar-refractivity contribution in [3.8, 4) is 11.5 Å². The van der Waals surface area contributed by atoms with Gasteiger partial charge in [0.15, 0.2) is 17.3 Å². The van der Waals surface area contributed by atoms with Gasteiger partial charge in [-0.15, -0.1) is 0 Å². The van der Waals surface area contributed by atoms with Crippen LogP contribution in [-0.2, 0) is 19.0 Å². The highest BCUT2D eigenvalue weighted by Crippen LogP contribution is 2.41. The molecule has 7 unspecified atom stereocenters. The van der Waals surface area contributed by atoms with Gasteiger partial charge >= 0.3 is 0 Å². The zero-order chi connectivity index (χ0) is 24.0. The minimum atomic E-state index is -1.84. The number of carbonyl (C=O) groups is 1. The molecule has 0 radical (unpaired) electrons. The lowest BCUT2D eigenvalue weighted by atomic mass is 9.86. The molecule has 12 nitrogen and oxygen atoms in total. The molecule has 0 bridgehead atoms. The molecule has 0 aromatic heterocycles. The SMILES string of the molecule is O=C1C(OC2OC(CO)C(O)C(O)C2O)=C(c2ccc(O)c(O)c2)OC2C=C(O)C=C(O)C12. The van der Waals surface area contributed by atoms with Crippen LogP contribution in [0.25, 0.3) is 5.76 Å². The molecule has 1 aromatic carbocycles. The summed E-state index contributed by atoms with van der Waals surface area (Å²) in [7, 11) is 0. The van der Waals surface area contributed by atoms with E-state index in [4.69, 9.17) is 14.2 Å². The standard InChI is InChI=1S/C21H22O12/c22-6-13-15(27)17(29)18(30)21(32-13)33-20-16(28)14-11(26)4-8(23)5-12(14)31-19(20)7-1-2-9(24)10(25)3-7/h1-5,12-15,17-18,21-27,29-30H,6H2. The van der Waals surface area contributed by atoms with E-state index in [9.17, 15) is 45.6 Å². The monoisotopic (exact) mass is 466 g/mol. The van der Waals surface area contributed by atoms with Crippen LogP contribution in [0, 0.1) is 5.92 Å². The number of hydrogen-bond donors (Lipinski definition) is 8. The molecular formula is C21H22O12. The van der Waals surface area contributed by atoms with Gasteiger partial charge in [0.05, 0.1) is 6.61 Å². The maximum Gasteiger partial charge on any atom is 0.229 e. The Morgan fingerprint density at radius 3 is 2.36 bits per heavy atom. The van der Waals surface area contributed by atoms with Crippen molar-refractivity contribution in [3.63, 3.8) is 0 Å². The number of ketones is 1. The molecule has 1 saturated heterocycles. The molecule has 1 aliphatic carbocycles. The summed E-state index contributed by atoms with van der Waals surface area (Å²) in [6.45, 7) is -0.731. The summed E-state index contributed by atoms with van der Waals surface area (Å²) in [5, 5.41) is 79.2. The Bertz CT molecular complexity index is 1040. The van der Waals surface area contributed by atoms with Crippen LogP contribution in [0.1, 0.15) is 5.56 Å². The second-order valence-corrected chi connectivity index (χ2v) is 7.76. The minimum absolute atomic E-state index is 0.0543. The van der Waals surface area contributed by atoms with Crippen LogP contribution in [0.4, 0.5) is 0 Å². The largest absolute Gasteiger partial charge is 0.511 e. The summed E-state index contributed by atoms with van der Waals surface area (Å²) in [5.74, 6) is -4.90. The maximum absolute atomic E-state index is 13.3. The molecule has 7 atom stereocenters. The third kappa shape index (κ3) is 3.98. The van der Waals surface area contributed by atoms with E-state index in [1.165, 1.54) is 12.1 Å². The van der Waals surface area contributed by atoms with Crippen molar-refractivity contribution in [3.05, 3.63) is 53.2 Å². The summed E-state index contributed by atoms with van der Waals surface area (Å²) in [5.41, 5.74) is 0.0543. The average molecular weight is 466 g/mol. The number of hydrogen-bond acceptors (Lipinski definition) is 12. The Labute approximate surface area is 186 Å². The predicted molar refractivity (Wildman–Crippen MR) is 106 cm³/mol. The number of Topliss-reactive ketones (excluding diaryl/α,β-unsaturated/α-hetero) is 1. The normalized spacial score (nSPS) is 34.2. The van der Waals surface area contributed by atoms with Gasteiger partial charge in [-0.2, -0.15) is 0 Å². The number of aliphatic hydroxyl groups is 6. The Morgan fingerprint density at radius 2 is 1.70 bits per heavy atom. The number of aromatic hydroxyl groups is 2. The maximum atomic E-state index is 13.3. The van der Waals surface area contributed by atoms with Crippen molar-refractivity contribution in [2.24, 2.45) is 5.92 Å². The topological polar surface area (TPSA) is 207 Å². The van der Waals surface area contributed by atoms with Crippen LogP contribution in [0.5, 0.6) is 11.5 Å². The van der Waals surface area contributed by atoms with Crippen molar-refractivity contribution in [2.75, 3.05) is 6.61 Å².